The summed E-state index contributed by atoms with van der Waals surface area (Å²) < 4.78 is 39.4. The summed E-state index contributed by atoms with van der Waals surface area (Å²) in [5.74, 6) is -3.02. The average molecular weight is 321 g/mol. The Labute approximate surface area is 129 Å². The Hall–Kier alpha value is -0.950. The lowest BCUT2D eigenvalue weighted by Crippen LogP contribution is -2.58. The Morgan fingerprint density at radius 3 is 2.50 bits per heavy atom. The van der Waals surface area contributed by atoms with Gasteiger partial charge in [-0.25, -0.2) is 13.6 Å². The molecule has 5 nitrogen and oxygen atoms in total. The second-order valence-electron chi connectivity index (χ2n) is 7.17. The third kappa shape index (κ3) is 3.20. The number of ether oxygens (including phenoxy) is 2. The molecule has 0 spiro atoms. The molecular weight excluding hydrogens is 296 g/mol. The van der Waals surface area contributed by atoms with E-state index in [1.165, 1.54) is 11.8 Å². The molecule has 2 saturated heterocycles. The van der Waals surface area contributed by atoms with E-state index >= 15 is 0 Å². The van der Waals surface area contributed by atoms with Gasteiger partial charge in [-0.05, 0) is 33.6 Å². The summed E-state index contributed by atoms with van der Waals surface area (Å²) in [6.07, 6.45) is -2.40. The predicted molar refractivity (Wildman–Crippen MR) is 75.6 cm³/mol. The number of aliphatic hydroxyl groups is 1. The zero-order valence-corrected chi connectivity index (χ0v) is 13.6. The lowest BCUT2D eigenvalue weighted by Gasteiger charge is -2.46. The van der Waals surface area contributed by atoms with Crippen LogP contribution >= 0.6 is 0 Å². The quantitative estimate of drug-likeness (QED) is 0.812. The van der Waals surface area contributed by atoms with Gasteiger partial charge in [0, 0.05) is 19.5 Å². The molecule has 0 aromatic rings. The first kappa shape index (κ1) is 17.4. The summed E-state index contributed by atoms with van der Waals surface area (Å²) >= 11 is 0. The molecular formula is C15H25F2NO4. The first-order chi connectivity index (χ1) is 10.0. The van der Waals surface area contributed by atoms with Crippen LogP contribution in [0.3, 0.4) is 0 Å². The number of alkyl halides is 2. The van der Waals surface area contributed by atoms with Gasteiger partial charge < -0.3 is 19.5 Å². The fourth-order valence-corrected chi connectivity index (χ4v) is 3.17. The van der Waals surface area contributed by atoms with Gasteiger partial charge in [0.2, 0.25) is 0 Å². The van der Waals surface area contributed by atoms with Crippen molar-refractivity contribution in [3.8, 4) is 0 Å². The molecule has 2 fully saturated rings. The van der Waals surface area contributed by atoms with Crippen molar-refractivity contribution < 1.29 is 28.2 Å². The van der Waals surface area contributed by atoms with Gasteiger partial charge in [0.1, 0.15) is 11.7 Å². The Bertz CT molecular complexity index is 438. The van der Waals surface area contributed by atoms with Crippen molar-refractivity contribution in [2.45, 2.75) is 70.9 Å². The Morgan fingerprint density at radius 2 is 2.05 bits per heavy atom. The van der Waals surface area contributed by atoms with E-state index in [1.54, 1.807) is 20.8 Å². The van der Waals surface area contributed by atoms with E-state index in [0.717, 1.165) is 0 Å². The third-order valence-corrected chi connectivity index (χ3v) is 4.36. The normalized spacial score (nSPS) is 32.8. The Kier molecular flexibility index (Phi) is 4.43. The van der Waals surface area contributed by atoms with Crippen LogP contribution in [0, 0.1) is 5.41 Å². The fraction of sp³-hybridized carbons (Fsp3) is 0.933. The summed E-state index contributed by atoms with van der Waals surface area (Å²) in [5.41, 5.74) is -2.23. The van der Waals surface area contributed by atoms with Crippen molar-refractivity contribution in [1.82, 2.24) is 4.90 Å². The van der Waals surface area contributed by atoms with Crippen LogP contribution in [0.25, 0.3) is 0 Å². The van der Waals surface area contributed by atoms with Crippen molar-refractivity contribution in [3.05, 3.63) is 0 Å². The zero-order valence-electron chi connectivity index (χ0n) is 13.6. The van der Waals surface area contributed by atoms with E-state index in [0.29, 0.717) is 13.0 Å². The van der Waals surface area contributed by atoms with Crippen molar-refractivity contribution in [3.63, 3.8) is 0 Å². The topological polar surface area (TPSA) is 62.3 Å². The molecule has 0 radical (unpaired) electrons. The smallest absolute Gasteiger partial charge is 0.410 e. The van der Waals surface area contributed by atoms with Gasteiger partial charge in [-0.1, -0.05) is 6.92 Å². The largest absolute Gasteiger partial charge is 0.444 e. The van der Waals surface area contributed by atoms with Gasteiger partial charge in [-0.3, -0.25) is 0 Å². The van der Waals surface area contributed by atoms with Crippen molar-refractivity contribution in [1.29, 1.82) is 0 Å². The fourth-order valence-electron chi connectivity index (χ4n) is 3.17. The third-order valence-electron chi connectivity index (χ3n) is 4.36. The molecule has 128 valence electrons. The standard InChI is InChI=1S/C15H25F2NO4/c1-5-15(16,17)14(10-11(19)21-10)7-6-8-18(9-14)12(20)22-13(2,3)4/h10-11,19H,5-9H2,1-4H3. The Morgan fingerprint density at radius 1 is 1.45 bits per heavy atom. The molecule has 0 bridgehead atoms. The minimum Gasteiger partial charge on any atom is -0.444 e. The van der Waals surface area contributed by atoms with Gasteiger partial charge in [-0.2, -0.15) is 0 Å². The number of amides is 1. The molecule has 0 aliphatic carbocycles. The van der Waals surface area contributed by atoms with Crippen molar-refractivity contribution >= 4 is 6.09 Å². The van der Waals surface area contributed by atoms with Crippen LogP contribution in [-0.4, -0.2) is 53.1 Å². The SMILES string of the molecule is CCC(F)(F)C1(C2OC2O)CCCN(C(=O)OC(C)(C)C)C1. The molecule has 7 heteroatoms. The number of likely N-dealkylation sites (tertiary alicyclic amines) is 1. The van der Waals surface area contributed by atoms with Crippen LogP contribution in [0.2, 0.25) is 0 Å². The highest BCUT2D eigenvalue weighted by molar-refractivity contribution is 5.68. The van der Waals surface area contributed by atoms with Crippen molar-refractivity contribution in [2.24, 2.45) is 5.41 Å². The van der Waals surface area contributed by atoms with Crippen LogP contribution in [-0.2, 0) is 9.47 Å². The monoisotopic (exact) mass is 321 g/mol. The number of carbonyl (C=O) groups excluding carboxylic acids is 1. The number of epoxide rings is 1. The number of aliphatic hydroxyl groups excluding tert-OH is 1. The van der Waals surface area contributed by atoms with Gasteiger partial charge in [-0.15, -0.1) is 0 Å². The molecule has 22 heavy (non-hydrogen) atoms. The zero-order chi connectivity index (χ0) is 16.8. The number of nitrogens with zero attached hydrogens (tertiary/aromatic N) is 1. The maximum atomic E-state index is 14.6. The predicted octanol–water partition coefficient (Wildman–Crippen LogP) is 2.77. The average Bonchev–Trinajstić information content (AvgIpc) is 3.14. The maximum absolute atomic E-state index is 14.6. The highest BCUT2D eigenvalue weighted by atomic mass is 19.3. The summed E-state index contributed by atoms with van der Waals surface area (Å²) in [5, 5.41) is 9.52. The number of halogens is 2. The molecule has 1 N–H and O–H groups in total. The number of rotatable bonds is 3. The molecule has 2 rings (SSSR count). The molecule has 2 aliphatic rings. The van der Waals surface area contributed by atoms with E-state index < -0.39 is 35.4 Å². The molecule has 0 aromatic heterocycles. The second-order valence-corrected chi connectivity index (χ2v) is 7.17. The molecule has 0 aromatic carbocycles. The summed E-state index contributed by atoms with van der Waals surface area (Å²) in [6.45, 7) is 6.82. The molecule has 3 unspecified atom stereocenters. The summed E-state index contributed by atoms with van der Waals surface area (Å²) in [7, 11) is 0. The van der Waals surface area contributed by atoms with E-state index in [9.17, 15) is 18.7 Å². The number of carbonyl (C=O) groups is 1. The Balaban J connectivity index is 2.20. The summed E-state index contributed by atoms with van der Waals surface area (Å²) in [6, 6.07) is 0. The maximum Gasteiger partial charge on any atom is 0.410 e. The van der Waals surface area contributed by atoms with E-state index in [-0.39, 0.29) is 19.4 Å². The van der Waals surface area contributed by atoms with Crippen LogP contribution in [0.4, 0.5) is 13.6 Å². The molecule has 1 amide bonds. The van der Waals surface area contributed by atoms with Gasteiger partial charge >= 0.3 is 6.09 Å². The number of hydrogen-bond acceptors (Lipinski definition) is 4. The molecule has 2 heterocycles. The minimum atomic E-state index is -3.02. The van der Waals surface area contributed by atoms with E-state index in [2.05, 4.69) is 0 Å². The van der Waals surface area contributed by atoms with Crippen LogP contribution in [0.1, 0.15) is 47.0 Å². The lowest BCUT2D eigenvalue weighted by atomic mass is 9.70. The molecule has 2 aliphatic heterocycles. The first-order valence-corrected chi connectivity index (χ1v) is 7.72. The van der Waals surface area contributed by atoms with Gasteiger partial charge in [0.25, 0.3) is 5.92 Å². The van der Waals surface area contributed by atoms with Gasteiger partial charge in [0.05, 0.1) is 5.41 Å². The van der Waals surface area contributed by atoms with Crippen molar-refractivity contribution in [2.75, 3.05) is 13.1 Å². The van der Waals surface area contributed by atoms with Crippen LogP contribution in [0.15, 0.2) is 0 Å². The van der Waals surface area contributed by atoms with E-state index in [4.69, 9.17) is 9.47 Å². The highest BCUT2D eigenvalue weighted by Crippen LogP contribution is 2.54. The highest BCUT2D eigenvalue weighted by Gasteiger charge is 2.67. The molecule has 3 atom stereocenters. The van der Waals surface area contributed by atoms with Crippen LogP contribution < -0.4 is 0 Å². The number of piperidine rings is 1. The first-order valence-electron chi connectivity index (χ1n) is 7.72. The molecule has 0 saturated carbocycles. The number of hydrogen-bond donors (Lipinski definition) is 1. The second kappa shape index (κ2) is 5.60. The van der Waals surface area contributed by atoms with Gasteiger partial charge in [0.15, 0.2) is 6.29 Å². The lowest BCUT2D eigenvalue weighted by molar-refractivity contribution is -0.161. The van der Waals surface area contributed by atoms with E-state index in [1.807, 2.05) is 0 Å². The summed E-state index contributed by atoms with van der Waals surface area (Å²) in [4.78, 5) is 13.5. The minimum absolute atomic E-state index is 0.162. The van der Waals surface area contributed by atoms with Crippen LogP contribution in [0.5, 0.6) is 0 Å².